The molecule has 180 valence electrons. The average Bonchev–Trinajstić information content (AvgIpc) is 2.92. The molecule has 2 heterocycles. The first-order chi connectivity index (χ1) is 15.6. The van der Waals surface area contributed by atoms with Crippen LogP contribution in [0.3, 0.4) is 0 Å². The summed E-state index contributed by atoms with van der Waals surface area (Å²) in [4.78, 5) is 5.47. The minimum atomic E-state index is -3.46. The monoisotopic (exact) mass is 471 g/mol. The molecule has 1 aromatic carbocycles. The second kappa shape index (κ2) is 9.45. The van der Waals surface area contributed by atoms with Crippen LogP contribution in [0, 0.1) is 18.8 Å². The Bertz CT molecular complexity index is 1090. The van der Waals surface area contributed by atoms with Gasteiger partial charge < -0.3 is 15.7 Å². The van der Waals surface area contributed by atoms with Gasteiger partial charge >= 0.3 is 0 Å². The Balaban J connectivity index is 1.54. The Morgan fingerprint density at radius 1 is 1.21 bits per heavy atom. The summed E-state index contributed by atoms with van der Waals surface area (Å²) in [5, 5.41) is 10.8. The summed E-state index contributed by atoms with van der Waals surface area (Å²) in [6.45, 7) is 6.14. The van der Waals surface area contributed by atoms with Gasteiger partial charge in [0.1, 0.15) is 4.87 Å². The fourth-order valence-electron chi connectivity index (χ4n) is 5.81. The van der Waals surface area contributed by atoms with E-state index in [0.29, 0.717) is 18.9 Å². The van der Waals surface area contributed by atoms with Crippen LogP contribution < -0.4 is 5.73 Å². The number of fused-ring (bicyclic) bond motifs is 1. The molecule has 5 atom stereocenters. The number of likely N-dealkylation sites (tertiary alicyclic amines) is 1. The molecule has 2 aromatic rings. The van der Waals surface area contributed by atoms with Crippen molar-refractivity contribution in [2.45, 2.75) is 56.4 Å². The van der Waals surface area contributed by atoms with Crippen LogP contribution in [0.1, 0.15) is 60.6 Å². The van der Waals surface area contributed by atoms with E-state index in [1.54, 1.807) is 13.1 Å². The number of aliphatic hydroxyl groups excluding tert-OH is 1. The van der Waals surface area contributed by atoms with Crippen LogP contribution in [0.5, 0.6) is 0 Å². The van der Waals surface area contributed by atoms with Crippen LogP contribution >= 0.6 is 0 Å². The number of hydrogen-bond donors (Lipinski definition) is 2. The van der Waals surface area contributed by atoms with Gasteiger partial charge in [0, 0.05) is 31.5 Å². The molecule has 1 fully saturated rings. The van der Waals surface area contributed by atoms with Crippen molar-refractivity contribution in [2.75, 3.05) is 25.9 Å². The Kier molecular flexibility index (Phi) is 6.97. The van der Waals surface area contributed by atoms with Crippen molar-refractivity contribution in [2.24, 2.45) is 17.6 Å². The van der Waals surface area contributed by atoms with Gasteiger partial charge in [-0.3, -0.25) is 4.98 Å². The molecular formula is C26H37N3O3S. The Morgan fingerprint density at radius 3 is 2.70 bits per heavy atom. The predicted molar refractivity (Wildman–Crippen MR) is 132 cm³/mol. The van der Waals surface area contributed by atoms with E-state index in [0.717, 1.165) is 43.6 Å². The van der Waals surface area contributed by atoms with Crippen molar-refractivity contribution in [3.63, 3.8) is 0 Å². The molecule has 1 aliphatic carbocycles. The SMILES string of the molecule is Cc1ccccc1[C@H]1CCN(C[C@@H]2CCc3cccnc3[C@@H](O)C2)C[C@@H]1C(C)(N)S(C)(=O)=O. The normalized spacial score (nSPS) is 28.5. The zero-order chi connectivity index (χ0) is 23.8. The number of sulfone groups is 1. The first-order valence-corrected chi connectivity index (χ1v) is 13.8. The first-order valence-electron chi connectivity index (χ1n) is 12.0. The van der Waals surface area contributed by atoms with Crippen LogP contribution in [0.4, 0.5) is 0 Å². The standard InChI is InChI=1S/C26H37N3O3S/c1-18-7-4-5-9-21(18)22-12-14-29(17-23(22)26(2,27)33(3,31)32)16-19-10-11-20-8-6-13-28-25(20)24(30)15-19/h4-9,13,19,22-24,30H,10-12,14-17,27H2,1-3H3/t19-,22-,23+,24+,26?/m1/s1. The second-order valence-corrected chi connectivity index (χ2v) is 12.7. The lowest BCUT2D eigenvalue weighted by Gasteiger charge is -2.46. The number of aliphatic hydroxyl groups is 1. The molecule has 0 radical (unpaired) electrons. The van der Waals surface area contributed by atoms with Crippen LogP contribution in [0.15, 0.2) is 42.6 Å². The van der Waals surface area contributed by atoms with Gasteiger partial charge in [-0.15, -0.1) is 0 Å². The smallest absolute Gasteiger partial charge is 0.166 e. The van der Waals surface area contributed by atoms with Crippen molar-refractivity contribution in [3.05, 3.63) is 65.0 Å². The molecule has 4 rings (SSSR count). The predicted octanol–water partition coefficient (Wildman–Crippen LogP) is 3.20. The number of nitrogens with zero attached hydrogens (tertiary/aromatic N) is 2. The van der Waals surface area contributed by atoms with Gasteiger partial charge in [0.15, 0.2) is 9.84 Å². The van der Waals surface area contributed by atoms with Gasteiger partial charge in [-0.05, 0) is 80.7 Å². The highest BCUT2D eigenvalue weighted by molar-refractivity contribution is 7.92. The zero-order valence-corrected chi connectivity index (χ0v) is 20.8. The van der Waals surface area contributed by atoms with E-state index < -0.39 is 20.8 Å². The number of pyridine rings is 1. The molecule has 0 bridgehead atoms. The highest BCUT2D eigenvalue weighted by Gasteiger charge is 2.47. The number of aromatic nitrogens is 1. The van der Waals surface area contributed by atoms with E-state index >= 15 is 0 Å². The summed E-state index contributed by atoms with van der Waals surface area (Å²) in [7, 11) is -3.46. The first kappa shape index (κ1) is 24.3. The molecule has 0 amide bonds. The Morgan fingerprint density at radius 2 is 1.97 bits per heavy atom. The minimum Gasteiger partial charge on any atom is -0.387 e. The highest BCUT2D eigenvalue weighted by Crippen LogP contribution is 2.42. The van der Waals surface area contributed by atoms with Crippen molar-refractivity contribution in [3.8, 4) is 0 Å². The lowest BCUT2D eigenvalue weighted by molar-refractivity contribution is 0.0871. The van der Waals surface area contributed by atoms with E-state index in [-0.39, 0.29) is 11.8 Å². The third-order valence-corrected chi connectivity index (χ3v) is 9.86. The molecule has 0 saturated carbocycles. The lowest BCUT2D eigenvalue weighted by atomic mass is 9.75. The average molecular weight is 472 g/mol. The molecule has 1 aromatic heterocycles. The minimum absolute atomic E-state index is 0.0975. The largest absolute Gasteiger partial charge is 0.387 e. The maximum Gasteiger partial charge on any atom is 0.166 e. The number of rotatable bonds is 5. The Labute approximate surface area is 198 Å². The zero-order valence-electron chi connectivity index (χ0n) is 19.9. The van der Waals surface area contributed by atoms with E-state index in [1.165, 1.54) is 17.4 Å². The molecule has 1 saturated heterocycles. The summed E-state index contributed by atoms with van der Waals surface area (Å²) < 4.78 is 25.5. The molecule has 33 heavy (non-hydrogen) atoms. The van der Waals surface area contributed by atoms with E-state index in [2.05, 4.69) is 35.0 Å². The molecule has 6 nitrogen and oxygen atoms in total. The third-order valence-electron chi connectivity index (χ3n) is 7.96. The van der Waals surface area contributed by atoms with Crippen LogP contribution in [0.25, 0.3) is 0 Å². The van der Waals surface area contributed by atoms with Crippen LogP contribution in [-0.2, 0) is 16.3 Å². The van der Waals surface area contributed by atoms with E-state index in [1.807, 2.05) is 18.2 Å². The summed E-state index contributed by atoms with van der Waals surface area (Å²) in [6.07, 6.45) is 5.90. The van der Waals surface area contributed by atoms with Crippen molar-refractivity contribution in [1.29, 1.82) is 0 Å². The molecule has 2 aliphatic rings. The highest BCUT2D eigenvalue weighted by atomic mass is 32.2. The molecule has 3 N–H and O–H groups in total. The summed E-state index contributed by atoms with van der Waals surface area (Å²) in [5.41, 5.74) is 10.9. The summed E-state index contributed by atoms with van der Waals surface area (Å²) in [6, 6.07) is 12.2. The Hall–Kier alpha value is -1.80. The van der Waals surface area contributed by atoms with Gasteiger partial charge in [-0.25, -0.2) is 8.42 Å². The topological polar surface area (TPSA) is 96.5 Å². The second-order valence-electron chi connectivity index (χ2n) is 10.3. The van der Waals surface area contributed by atoms with Gasteiger partial charge in [0.05, 0.1) is 11.8 Å². The molecule has 1 aliphatic heterocycles. The number of benzene rings is 1. The van der Waals surface area contributed by atoms with Gasteiger partial charge in [-0.1, -0.05) is 30.3 Å². The maximum absolute atomic E-state index is 12.7. The summed E-state index contributed by atoms with van der Waals surface area (Å²) >= 11 is 0. The number of nitrogens with two attached hydrogens (primary N) is 1. The van der Waals surface area contributed by atoms with Gasteiger partial charge in [-0.2, -0.15) is 0 Å². The maximum atomic E-state index is 12.7. The number of hydrogen-bond acceptors (Lipinski definition) is 6. The lowest BCUT2D eigenvalue weighted by Crippen LogP contribution is -2.58. The number of piperidine rings is 1. The van der Waals surface area contributed by atoms with Crippen molar-refractivity contribution >= 4 is 9.84 Å². The summed E-state index contributed by atoms with van der Waals surface area (Å²) in [5.74, 6) is 0.212. The fraction of sp³-hybridized carbons (Fsp3) is 0.577. The van der Waals surface area contributed by atoms with Crippen molar-refractivity contribution in [1.82, 2.24) is 9.88 Å². The van der Waals surface area contributed by atoms with E-state index in [9.17, 15) is 13.5 Å². The molecular weight excluding hydrogens is 434 g/mol. The molecule has 7 heteroatoms. The molecule has 1 unspecified atom stereocenters. The van der Waals surface area contributed by atoms with Crippen molar-refractivity contribution < 1.29 is 13.5 Å². The van der Waals surface area contributed by atoms with E-state index in [4.69, 9.17) is 5.73 Å². The van der Waals surface area contributed by atoms with Crippen LogP contribution in [-0.4, -0.2) is 54.2 Å². The van der Waals surface area contributed by atoms with Crippen LogP contribution in [0.2, 0.25) is 0 Å². The van der Waals surface area contributed by atoms with Gasteiger partial charge in [0.2, 0.25) is 0 Å². The quantitative estimate of drug-likeness (QED) is 0.650. The fourth-order valence-corrected chi connectivity index (χ4v) is 6.60. The third kappa shape index (κ3) is 5.02. The molecule has 0 spiro atoms. The number of aryl methyl sites for hydroxylation is 2. The van der Waals surface area contributed by atoms with Gasteiger partial charge in [0.25, 0.3) is 0 Å².